The molecule has 0 spiro atoms. The maximum Gasteiger partial charge on any atom is 0.156 e. The first-order valence-corrected chi connectivity index (χ1v) is 7.97. The molecule has 1 fully saturated rings. The molecule has 0 saturated carbocycles. The summed E-state index contributed by atoms with van der Waals surface area (Å²) in [5.74, 6) is 0.296. The first-order valence-electron chi connectivity index (χ1n) is 7.15. The lowest BCUT2D eigenvalue weighted by Gasteiger charge is -2.37. The average molecular weight is 296 g/mol. The predicted molar refractivity (Wildman–Crippen MR) is 83.4 cm³/mol. The molecule has 2 heterocycles. The Bertz CT molecular complexity index is 452. The largest absolute Gasteiger partial charge is 0.409 e. The molecule has 1 aliphatic rings. The van der Waals surface area contributed by atoms with E-state index in [-0.39, 0.29) is 6.04 Å². The fourth-order valence-corrected chi connectivity index (χ4v) is 3.50. The zero-order chi connectivity index (χ0) is 14.5. The highest BCUT2D eigenvalue weighted by molar-refractivity contribution is 7.11. The van der Waals surface area contributed by atoms with Crippen LogP contribution in [0, 0.1) is 0 Å². The monoisotopic (exact) mass is 296 g/mol. The minimum Gasteiger partial charge on any atom is -0.409 e. The van der Waals surface area contributed by atoms with Crippen LogP contribution >= 0.6 is 11.3 Å². The number of hydrogen-bond acceptors (Lipinski definition) is 5. The van der Waals surface area contributed by atoms with Crippen LogP contribution in [0.5, 0.6) is 0 Å². The molecular formula is C14H24N4OS. The fraction of sp³-hybridized carbons (Fsp3) is 0.643. The van der Waals surface area contributed by atoms with Crippen molar-refractivity contribution in [3.05, 3.63) is 21.9 Å². The topological polar surface area (TPSA) is 65.1 Å². The number of thiophene rings is 1. The van der Waals surface area contributed by atoms with Crippen molar-refractivity contribution in [1.82, 2.24) is 9.80 Å². The highest BCUT2D eigenvalue weighted by Crippen LogP contribution is 2.19. The summed E-state index contributed by atoms with van der Waals surface area (Å²) in [4.78, 5) is 7.64. The Kier molecular flexibility index (Phi) is 5.39. The van der Waals surface area contributed by atoms with Crippen molar-refractivity contribution < 1.29 is 5.21 Å². The van der Waals surface area contributed by atoms with E-state index in [9.17, 15) is 0 Å². The summed E-state index contributed by atoms with van der Waals surface area (Å²) < 4.78 is 0. The fourth-order valence-electron chi connectivity index (χ4n) is 2.50. The maximum atomic E-state index is 8.74. The third-order valence-corrected chi connectivity index (χ3v) is 5.16. The first-order chi connectivity index (χ1) is 9.63. The van der Waals surface area contributed by atoms with E-state index in [0.717, 1.165) is 39.1 Å². The lowest BCUT2D eigenvalue weighted by Crippen LogP contribution is -2.52. The van der Waals surface area contributed by atoms with E-state index in [1.54, 1.807) is 0 Å². The van der Waals surface area contributed by atoms with Crippen molar-refractivity contribution in [2.45, 2.75) is 32.9 Å². The molecule has 0 aromatic carbocycles. The van der Waals surface area contributed by atoms with E-state index in [1.165, 1.54) is 9.75 Å². The van der Waals surface area contributed by atoms with Crippen LogP contribution in [-0.4, -0.2) is 53.1 Å². The molecule has 6 heteroatoms. The van der Waals surface area contributed by atoms with Crippen molar-refractivity contribution in [2.24, 2.45) is 10.9 Å². The molecule has 1 atom stereocenters. The molecule has 1 unspecified atom stereocenters. The Morgan fingerprint density at radius 3 is 2.55 bits per heavy atom. The van der Waals surface area contributed by atoms with Crippen LogP contribution in [-0.2, 0) is 13.0 Å². The normalized spacial score (nSPS) is 20.2. The van der Waals surface area contributed by atoms with Gasteiger partial charge in [-0.05, 0) is 25.5 Å². The Balaban J connectivity index is 1.82. The molecule has 0 bridgehead atoms. The van der Waals surface area contributed by atoms with Gasteiger partial charge in [0.1, 0.15) is 0 Å². The Hall–Kier alpha value is -1.11. The van der Waals surface area contributed by atoms with Crippen LogP contribution < -0.4 is 5.73 Å². The summed E-state index contributed by atoms with van der Waals surface area (Å²) in [6.45, 7) is 9.20. The number of nitrogens with zero attached hydrogens (tertiary/aromatic N) is 3. The molecule has 112 valence electrons. The SMILES string of the molecule is CCc1ccc(CN2CCN(C(C)C(N)=NO)CC2)s1. The zero-order valence-electron chi connectivity index (χ0n) is 12.2. The van der Waals surface area contributed by atoms with E-state index in [1.807, 2.05) is 18.3 Å². The van der Waals surface area contributed by atoms with E-state index in [0.29, 0.717) is 5.84 Å². The summed E-state index contributed by atoms with van der Waals surface area (Å²) in [7, 11) is 0. The van der Waals surface area contributed by atoms with E-state index in [4.69, 9.17) is 10.9 Å². The molecule has 1 saturated heterocycles. The van der Waals surface area contributed by atoms with Crippen molar-refractivity contribution in [2.75, 3.05) is 26.2 Å². The van der Waals surface area contributed by atoms with Gasteiger partial charge in [0.15, 0.2) is 5.84 Å². The van der Waals surface area contributed by atoms with Gasteiger partial charge in [0.25, 0.3) is 0 Å². The molecule has 1 aromatic rings. The van der Waals surface area contributed by atoms with Gasteiger partial charge in [0.2, 0.25) is 0 Å². The van der Waals surface area contributed by atoms with E-state index >= 15 is 0 Å². The maximum absolute atomic E-state index is 8.74. The van der Waals surface area contributed by atoms with Crippen LogP contribution in [0.2, 0.25) is 0 Å². The molecule has 0 aliphatic carbocycles. The second-order valence-electron chi connectivity index (χ2n) is 5.23. The smallest absolute Gasteiger partial charge is 0.156 e. The second-order valence-corrected chi connectivity index (χ2v) is 6.49. The summed E-state index contributed by atoms with van der Waals surface area (Å²) in [6.07, 6.45) is 1.12. The number of hydrogen-bond donors (Lipinski definition) is 2. The van der Waals surface area contributed by atoms with Crippen molar-refractivity contribution in [3.63, 3.8) is 0 Å². The lowest BCUT2D eigenvalue weighted by molar-refractivity contribution is 0.117. The van der Waals surface area contributed by atoms with Crippen molar-refractivity contribution in [3.8, 4) is 0 Å². The minimum atomic E-state index is 0.00980. The van der Waals surface area contributed by atoms with Crippen molar-refractivity contribution >= 4 is 17.2 Å². The van der Waals surface area contributed by atoms with Gasteiger partial charge in [0, 0.05) is 42.5 Å². The van der Waals surface area contributed by atoms with Gasteiger partial charge < -0.3 is 10.9 Å². The van der Waals surface area contributed by atoms with E-state index in [2.05, 4.69) is 34.0 Å². The molecule has 5 nitrogen and oxygen atoms in total. The predicted octanol–water partition coefficient (Wildman–Crippen LogP) is 1.56. The summed E-state index contributed by atoms with van der Waals surface area (Å²) in [5.41, 5.74) is 5.67. The molecule has 1 aliphatic heterocycles. The van der Waals surface area contributed by atoms with Crippen LogP contribution in [0.3, 0.4) is 0 Å². The molecule has 0 radical (unpaired) electrons. The number of aryl methyl sites for hydroxylation is 1. The van der Waals surface area contributed by atoms with Gasteiger partial charge in [-0.2, -0.15) is 0 Å². The number of amidine groups is 1. The van der Waals surface area contributed by atoms with Crippen molar-refractivity contribution in [1.29, 1.82) is 0 Å². The molecule has 1 aromatic heterocycles. The highest BCUT2D eigenvalue weighted by Gasteiger charge is 2.23. The van der Waals surface area contributed by atoms with Crippen LogP contribution in [0.4, 0.5) is 0 Å². The number of rotatable bonds is 5. The van der Waals surface area contributed by atoms with Gasteiger partial charge in [0.05, 0.1) is 6.04 Å². The molecule has 20 heavy (non-hydrogen) atoms. The third kappa shape index (κ3) is 3.71. The van der Waals surface area contributed by atoms with Crippen LogP contribution in [0.15, 0.2) is 17.3 Å². The van der Waals surface area contributed by atoms with E-state index < -0.39 is 0 Å². The molecule has 3 N–H and O–H groups in total. The minimum absolute atomic E-state index is 0.00980. The summed E-state index contributed by atoms with van der Waals surface area (Å²) >= 11 is 1.91. The molecular weight excluding hydrogens is 272 g/mol. The Morgan fingerprint density at radius 2 is 2.00 bits per heavy atom. The van der Waals surface area contributed by atoms with Crippen LogP contribution in [0.25, 0.3) is 0 Å². The van der Waals surface area contributed by atoms with Gasteiger partial charge in [-0.3, -0.25) is 9.80 Å². The number of oxime groups is 1. The van der Waals surface area contributed by atoms with Gasteiger partial charge in [-0.25, -0.2) is 0 Å². The zero-order valence-corrected chi connectivity index (χ0v) is 13.1. The van der Waals surface area contributed by atoms with Gasteiger partial charge >= 0.3 is 0 Å². The molecule has 0 amide bonds. The quantitative estimate of drug-likeness (QED) is 0.375. The van der Waals surface area contributed by atoms with Crippen LogP contribution in [0.1, 0.15) is 23.6 Å². The number of nitrogens with two attached hydrogens (primary N) is 1. The lowest BCUT2D eigenvalue weighted by atomic mass is 10.2. The van der Waals surface area contributed by atoms with Gasteiger partial charge in [-0.1, -0.05) is 12.1 Å². The third-order valence-electron chi connectivity index (χ3n) is 3.94. The Labute approximate surface area is 124 Å². The summed E-state index contributed by atoms with van der Waals surface area (Å²) in [5, 5.41) is 11.8. The summed E-state index contributed by atoms with van der Waals surface area (Å²) in [6, 6.07) is 4.49. The number of piperazine rings is 1. The first kappa shape index (κ1) is 15.3. The van der Waals surface area contributed by atoms with Gasteiger partial charge in [-0.15, -0.1) is 11.3 Å². The molecule has 2 rings (SSSR count). The Morgan fingerprint density at radius 1 is 1.35 bits per heavy atom. The average Bonchev–Trinajstić information content (AvgIpc) is 2.94. The second kappa shape index (κ2) is 7.06. The standard InChI is InChI=1S/C14H24N4OS/c1-3-12-4-5-13(20-12)10-17-6-8-18(9-7-17)11(2)14(15)16-19/h4-5,11,19H,3,6-10H2,1-2H3,(H2,15,16). The highest BCUT2D eigenvalue weighted by atomic mass is 32.1.